The Bertz CT molecular complexity index is 4370. The largest absolute Gasteiger partial charge is 0.307 e. The third kappa shape index (κ3) is 7.29. The van der Waals surface area contributed by atoms with Gasteiger partial charge in [-0.1, -0.05) is 237 Å². The van der Waals surface area contributed by atoms with Crippen LogP contribution >= 0.6 is 0 Å². The maximum Gasteiger partial charge on any atom is 0.238 e. The highest BCUT2D eigenvalue weighted by molar-refractivity contribution is 6.33. The molecule has 0 saturated carbocycles. The molecule has 0 N–H and O–H groups in total. The lowest BCUT2D eigenvalue weighted by Gasteiger charge is -2.19. The summed E-state index contributed by atoms with van der Waals surface area (Å²) in [6.07, 6.45) is 0. The molecule has 0 aliphatic heterocycles. The average Bonchev–Trinajstić information content (AvgIpc) is 4.12. The van der Waals surface area contributed by atoms with E-state index in [1.807, 2.05) is 24.3 Å². The van der Waals surface area contributed by atoms with Crippen LogP contribution in [0.25, 0.3) is 134 Å². The number of para-hydroxylation sites is 2. The third-order valence-corrected chi connectivity index (χ3v) is 14.4. The molecule has 5 nitrogen and oxygen atoms in total. The molecule has 0 radical (unpaired) electrons. The lowest BCUT2D eigenvalue weighted by Crippen LogP contribution is -2.07. The third-order valence-electron chi connectivity index (χ3n) is 14.4. The van der Waals surface area contributed by atoms with Crippen molar-refractivity contribution in [1.29, 1.82) is 0 Å². The number of aromatic nitrogens is 5. The Morgan fingerprint density at radius 3 is 1.16 bits per heavy atom. The minimum absolute atomic E-state index is 0.527. The van der Waals surface area contributed by atoms with E-state index in [1.54, 1.807) is 0 Å². The number of hydrogen-bond donors (Lipinski definition) is 0. The number of nitrogens with zero attached hydrogens (tertiary/aromatic N) is 5. The summed E-state index contributed by atoms with van der Waals surface area (Å²) in [6.45, 7) is 0. The second-order valence-electron chi connectivity index (χ2n) is 18.7. The summed E-state index contributed by atoms with van der Waals surface area (Å²) in [7, 11) is 0. The van der Waals surface area contributed by atoms with E-state index in [2.05, 4.69) is 258 Å². The molecule has 0 aliphatic rings. The first-order valence-electron chi connectivity index (χ1n) is 25.1. The van der Waals surface area contributed by atoms with Gasteiger partial charge in [-0.25, -0.2) is 4.98 Å². The molecule has 3 heterocycles. The minimum Gasteiger partial charge on any atom is -0.307 e. The molecule has 0 aliphatic carbocycles. The predicted molar refractivity (Wildman–Crippen MR) is 307 cm³/mol. The van der Waals surface area contributed by atoms with Crippen LogP contribution in [0.4, 0.5) is 0 Å². The Labute approximate surface area is 428 Å². The normalized spacial score (nSPS) is 11.5. The molecule has 0 bridgehead atoms. The van der Waals surface area contributed by atoms with Gasteiger partial charge in [0.2, 0.25) is 5.95 Å². The van der Waals surface area contributed by atoms with Gasteiger partial charge in [0, 0.05) is 49.5 Å². The number of hydrogen-bond acceptors (Lipinski definition) is 3. The summed E-state index contributed by atoms with van der Waals surface area (Å²) in [5.41, 5.74) is 18.4. The first kappa shape index (κ1) is 42.9. The van der Waals surface area contributed by atoms with Crippen molar-refractivity contribution in [1.82, 2.24) is 24.1 Å². The van der Waals surface area contributed by atoms with Gasteiger partial charge in [0.05, 0.1) is 22.1 Å². The van der Waals surface area contributed by atoms with Gasteiger partial charge in [-0.15, -0.1) is 0 Å². The fourth-order valence-corrected chi connectivity index (χ4v) is 11.0. The highest BCUT2D eigenvalue weighted by atomic mass is 15.2. The SMILES string of the molecule is c1ccc(-c2ccc(-n3c4ccccc4c4c(-c5ccccc5)c(-c5cccc(-c6ccccc6)c5)c5c6ccccc6n(-c6nc(-c7ccccc7)nc(-c7cccc(-c8ccccc8)c7)n6)c5c43)cc2)cc1. The topological polar surface area (TPSA) is 48.5 Å². The van der Waals surface area contributed by atoms with Gasteiger partial charge in [0.1, 0.15) is 0 Å². The summed E-state index contributed by atoms with van der Waals surface area (Å²) in [4.78, 5) is 16.4. The lowest BCUT2D eigenvalue weighted by molar-refractivity contribution is 0.953. The van der Waals surface area contributed by atoms with Crippen LogP contribution in [-0.4, -0.2) is 24.1 Å². The van der Waals surface area contributed by atoms with Crippen molar-refractivity contribution < 1.29 is 0 Å². The zero-order valence-electron chi connectivity index (χ0n) is 40.2. The fraction of sp³-hybridized carbons (Fsp3) is 0. The van der Waals surface area contributed by atoms with Gasteiger partial charge in [-0.3, -0.25) is 4.57 Å². The Hall–Kier alpha value is -9.97. The second kappa shape index (κ2) is 18.0. The summed E-state index contributed by atoms with van der Waals surface area (Å²) >= 11 is 0. The quantitative estimate of drug-likeness (QED) is 0.145. The summed E-state index contributed by atoms with van der Waals surface area (Å²) in [6, 6.07) is 97.2. The molecule has 0 unspecified atom stereocenters. The summed E-state index contributed by atoms with van der Waals surface area (Å²) in [5.74, 6) is 1.70. The van der Waals surface area contributed by atoms with Crippen LogP contribution < -0.4 is 0 Å². The average molecular weight is 944 g/mol. The van der Waals surface area contributed by atoms with Gasteiger partial charge in [-0.2, -0.15) is 9.97 Å². The second-order valence-corrected chi connectivity index (χ2v) is 18.7. The maximum atomic E-state index is 5.58. The van der Waals surface area contributed by atoms with Gasteiger partial charge < -0.3 is 4.57 Å². The molecule has 0 fully saturated rings. The summed E-state index contributed by atoms with van der Waals surface area (Å²) < 4.78 is 4.79. The van der Waals surface area contributed by atoms with E-state index in [0.717, 1.165) is 110 Å². The van der Waals surface area contributed by atoms with Gasteiger partial charge >= 0.3 is 0 Å². The molecule has 14 rings (SSSR count). The first-order valence-corrected chi connectivity index (χ1v) is 25.1. The van der Waals surface area contributed by atoms with Crippen molar-refractivity contribution in [2.75, 3.05) is 0 Å². The fourth-order valence-electron chi connectivity index (χ4n) is 11.0. The van der Waals surface area contributed by atoms with Crippen molar-refractivity contribution in [2.45, 2.75) is 0 Å². The van der Waals surface area contributed by atoms with Crippen molar-refractivity contribution in [3.63, 3.8) is 0 Å². The standard InChI is InChI=1S/C69H45N5/c1-6-22-46(23-7-1)49-40-42-56(43-41-49)73-59-38-18-16-36-57(59)63-61(50-28-12-4-13-29-50)62(54-34-20-32-52(44-54)47-24-8-2-9-25-47)64-58-37-17-19-39-60(58)74(66(64)65(63)73)69-71-67(51-30-14-5-15-31-51)70-68(72-69)55-35-21-33-53(45-55)48-26-10-3-11-27-48/h1-45H. The van der Waals surface area contributed by atoms with Gasteiger partial charge in [0.15, 0.2) is 11.6 Å². The first-order chi connectivity index (χ1) is 36.7. The van der Waals surface area contributed by atoms with Crippen molar-refractivity contribution in [3.05, 3.63) is 273 Å². The van der Waals surface area contributed by atoms with Gasteiger partial charge in [-0.05, 0) is 80.9 Å². The molecule has 0 spiro atoms. The Morgan fingerprint density at radius 2 is 0.608 bits per heavy atom. The van der Waals surface area contributed by atoms with Crippen LogP contribution in [0.1, 0.15) is 0 Å². The maximum absolute atomic E-state index is 5.58. The highest BCUT2D eigenvalue weighted by Crippen LogP contribution is 2.52. The zero-order valence-corrected chi connectivity index (χ0v) is 40.2. The zero-order chi connectivity index (χ0) is 49.0. The summed E-state index contributed by atoms with van der Waals surface area (Å²) in [5, 5.41) is 4.49. The molecular weight excluding hydrogens is 899 g/mol. The molecule has 346 valence electrons. The number of rotatable bonds is 9. The molecule has 3 aromatic heterocycles. The van der Waals surface area contributed by atoms with Crippen LogP contribution in [0.5, 0.6) is 0 Å². The molecule has 0 atom stereocenters. The van der Waals surface area contributed by atoms with Crippen LogP contribution in [0.3, 0.4) is 0 Å². The molecule has 11 aromatic carbocycles. The van der Waals surface area contributed by atoms with E-state index in [0.29, 0.717) is 17.6 Å². The van der Waals surface area contributed by atoms with Gasteiger partial charge in [0.25, 0.3) is 0 Å². The molecule has 14 aromatic rings. The lowest BCUT2D eigenvalue weighted by atomic mass is 9.86. The smallest absolute Gasteiger partial charge is 0.238 e. The molecule has 0 saturated heterocycles. The van der Waals surface area contributed by atoms with E-state index in [9.17, 15) is 0 Å². The molecule has 74 heavy (non-hydrogen) atoms. The van der Waals surface area contributed by atoms with E-state index >= 15 is 0 Å². The van der Waals surface area contributed by atoms with Crippen LogP contribution in [0, 0.1) is 0 Å². The van der Waals surface area contributed by atoms with E-state index < -0.39 is 0 Å². The molecule has 5 heteroatoms. The minimum atomic E-state index is 0.527. The molecular formula is C69H45N5. The van der Waals surface area contributed by atoms with E-state index in [1.165, 1.54) is 5.56 Å². The van der Waals surface area contributed by atoms with Crippen LogP contribution in [-0.2, 0) is 0 Å². The van der Waals surface area contributed by atoms with E-state index in [-0.39, 0.29) is 0 Å². The number of benzene rings is 11. The van der Waals surface area contributed by atoms with Crippen LogP contribution in [0.15, 0.2) is 273 Å². The Kier molecular flexibility index (Phi) is 10.4. The predicted octanol–water partition coefficient (Wildman–Crippen LogP) is 17.7. The Balaban J connectivity index is 1.17. The van der Waals surface area contributed by atoms with Crippen molar-refractivity contribution in [2.24, 2.45) is 0 Å². The Morgan fingerprint density at radius 1 is 0.243 bits per heavy atom. The van der Waals surface area contributed by atoms with Crippen molar-refractivity contribution in [3.8, 4) is 90.0 Å². The number of fused-ring (bicyclic) bond motifs is 7. The molecule has 0 amide bonds. The monoisotopic (exact) mass is 943 g/mol. The highest BCUT2D eigenvalue weighted by Gasteiger charge is 2.30. The van der Waals surface area contributed by atoms with Crippen molar-refractivity contribution >= 4 is 43.6 Å². The van der Waals surface area contributed by atoms with E-state index in [4.69, 9.17) is 15.0 Å². The van der Waals surface area contributed by atoms with Crippen LogP contribution in [0.2, 0.25) is 0 Å².